The molecule has 2 aromatic heterocycles. The molecule has 0 radical (unpaired) electrons. The normalized spacial score (nSPS) is 14.7. The van der Waals surface area contributed by atoms with Crippen molar-refractivity contribution in [2.24, 2.45) is 7.05 Å². The number of aromatic nitrogens is 2. The summed E-state index contributed by atoms with van der Waals surface area (Å²) in [6, 6.07) is 9.96. The number of aromatic amines is 1. The van der Waals surface area contributed by atoms with Gasteiger partial charge in [-0.1, -0.05) is 0 Å². The van der Waals surface area contributed by atoms with E-state index in [2.05, 4.69) is 4.98 Å². The Hall–Kier alpha value is -3.10. The molecule has 1 unspecified atom stereocenters. The molecular formula is C23H18F2N2O3S. The summed E-state index contributed by atoms with van der Waals surface area (Å²) in [5, 5.41) is 0.809. The molecule has 1 fully saturated rings. The van der Waals surface area contributed by atoms with E-state index in [-0.39, 0.29) is 16.6 Å². The molecule has 158 valence electrons. The number of benzene rings is 2. The van der Waals surface area contributed by atoms with Crippen molar-refractivity contribution in [2.45, 2.75) is 23.0 Å². The highest BCUT2D eigenvalue weighted by Crippen LogP contribution is 2.41. The summed E-state index contributed by atoms with van der Waals surface area (Å²) in [6.07, 6.45) is 5.18. The van der Waals surface area contributed by atoms with E-state index in [0.29, 0.717) is 32.7 Å². The van der Waals surface area contributed by atoms with Crippen LogP contribution in [-0.2, 0) is 18.2 Å². The van der Waals surface area contributed by atoms with Crippen molar-refractivity contribution in [1.82, 2.24) is 9.55 Å². The SMILES string of the molecule is Cn1cc(-c2cc([S+]([O-])C3CC3)ccc2Oc2ccc(F)cc2F)c2cc[nH]c2c1=O. The number of hydrogen-bond acceptors (Lipinski definition) is 3. The van der Waals surface area contributed by atoms with Gasteiger partial charge in [-0.05, 0) is 41.5 Å². The number of nitrogens with zero attached hydrogens (tertiary/aromatic N) is 1. The quantitative estimate of drug-likeness (QED) is 0.450. The first kappa shape index (κ1) is 19.8. The van der Waals surface area contributed by atoms with Crippen molar-refractivity contribution in [3.63, 3.8) is 0 Å². The van der Waals surface area contributed by atoms with Gasteiger partial charge in [-0.2, -0.15) is 0 Å². The third-order valence-corrected chi connectivity index (χ3v) is 7.10. The molecule has 8 heteroatoms. The van der Waals surface area contributed by atoms with Gasteiger partial charge in [0.25, 0.3) is 5.56 Å². The maximum atomic E-state index is 14.2. The van der Waals surface area contributed by atoms with Gasteiger partial charge in [-0.3, -0.25) is 4.79 Å². The van der Waals surface area contributed by atoms with Gasteiger partial charge in [0, 0.05) is 60.9 Å². The molecule has 1 saturated carbocycles. The van der Waals surface area contributed by atoms with Gasteiger partial charge in [-0.15, -0.1) is 0 Å². The Morgan fingerprint density at radius 3 is 2.61 bits per heavy atom. The lowest BCUT2D eigenvalue weighted by Gasteiger charge is -2.16. The first-order valence-corrected chi connectivity index (χ1v) is 11.0. The van der Waals surface area contributed by atoms with Crippen LogP contribution < -0.4 is 10.3 Å². The lowest BCUT2D eigenvalue weighted by molar-refractivity contribution is 0.438. The monoisotopic (exact) mass is 440 g/mol. The number of pyridine rings is 1. The van der Waals surface area contributed by atoms with E-state index in [1.807, 2.05) is 0 Å². The fraction of sp³-hybridized carbons (Fsp3) is 0.174. The molecule has 0 spiro atoms. The van der Waals surface area contributed by atoms with Crippen molar-refractivity contribution in [3.05, 3.63) is 76.8 Å². The minimum atomic E-state index is -1.16. The molecule has 1 atom stereocenters. The summed E-state index contributed by atoms with van der Waals surface area (Å²) < 4.78 is 47.6. The Morgan fingerprint density at radius 1 is 1.10 bits per heavy atom. The third kappa shape index (κ3) is 3.62. The molecule has 2 heterocycles. The fourth-order valence-corrected chi connectivity index (χ4v) is 4.95. The van der Waals surface area contributed by atoms with Crippen LogP contribution in [0.2, 0.25) is 0 Å². The zero-order valence-electron chi connectivity index (χ0n) is 16.5. The van der Waals surface area contributed by atoms with Crippen molar-refractivity contribution >= 4 is 22.1 Å². The molecule has 4 aromatic rings. The molecule has 2 aromatic carbocycles. The molecule has 1 N–H and O–H groups in total. The first-order valence-electron chi connectivity index (χ1n) is 9.77. The van der Waals surface area contributed by atoms with Crippen LogP contribution in [0.15, 0.2) is 64.5 Å². The highest BCUT2D eigenvalue weighted by Gasteiger charge is 2.36. The summed E-state index contributed by atoms with van der Waals surface area (Å²) in [5.74, 6) is -1.35. The number of halogens is 2. The number of rotatable bonds is 5. The number of aryl methyl sites for hydroxylation is 1. The Morgan fingerprint density at radius 2 is 1.87 bits per heavy atom. The average molecular weight is 440 g/mol. The largest absolute Gasteiger partial charge is 0.611 e. The lowest BCUT2D eigenvalue weighted by Crippen LogP contribution is -2.16. The van der Waals surface area contributed by atoms with E-state index in [4.69, 9.17) is 4.74 Å². The van der Waals surface area contributed by atoms with Crippen LogP contribution in [0, 0.1) is 11.6 Å². The maximum Gasteiger partial charge on any atom is 0.274 e. The topological polar surface area (TPSA) is 70.1 Å². The van der Waals surface area contributed by atoms with Gasteiger partial charge >= 0.3 is 0 Å². The van der Waals surface area contributed by atoms with Gasteiger partial charge in [0.05, 0.1) is 0 Å². The third-order valence-electron chi connectivity index (χ3n) is 5.31. The second kappa shape index (κ2) is 7.55. The van der Waals surface area contributed by atoms with Crippen LogP contribution in [0.1, 0.15) is 12.8 Å². The van der Waals surface area contributed by atoms with Gasteiger partial charge < -0.3 is 18.8 Å². The summed E-state index contributed by atoms with van der Waals surface area (Å²) in [4.78, 5) is 16.1. The Balaban J connectivity index is 1.70. The summed E-state index contributed by atoms with van der Waals surface area (Å²) in [6.45, 7) is 0. The molecule has 5 nitrogen and oxygen atoms in total. The highest BCUT2D eigenvalue weighted by molar-refractivity contribution is 7.92. The lowest BCUT2D eigenvalue weighted by atomic mass is 10.0. The van der Waals surface area contributed by atoms with Crippen molar-refractivity contribution in [1.29, 1.82) is 0 Å². The standard InChI is InChI=1S/C23H18F2N2O3S/c1-27-12-18(16-8-9-26-22(16)23(27)28)17-11-15(31(29)14-3-4-14)5-7-20(17)30-21-6-2-13(24)10-19(21)25/h2,5-12,14,26H,3-4H2,1H3. The van der Waals surface area contributed by atoms with Crippen LogP contribution in [0.5, 0.6) is 11.5 Å². The molecule has 0 saturated heterocycles. The van der Waals surface area contributed by atoms with E-state index in [9.17, 15) is 18.1 Å². The van der Waals surface area contributed by atoms with Gasteiger partial charge in [0.15, 0.2) is 16.5 Å². The van der Waals surface area contributed by atoms with Crippen LogP contribution in [0.3, 0.4) is 0 Å². The van der Waals surface area contributed by atoms with E-state index >= 15 is 0 Å². The van der Waals surface area contributed by atoms with E-state index in [1.54, 1.807) is 43.7 Å². The molecule has 1 aliphatic carbocycles. The summed E-state index contributed by atoms with van der Waals surface area (Å²) in [5.41, 5.74) is 1.47. The predicted octanol–water partition coefficient (Wildman–Crippen LogP) is 4.87. The number of ether oxygens (including phenoxy) is 1. The summed E-state index contributed by atoms with van der Waals surface area (Å²) >= 11 is -1.16. The number of nitrogens with one attached hydrogen (secondary N) is 1. The molecule has 5 rings (SSSR count). The highest BCUT2D eigenvalue weighted by atomic mass is 32.2. The number of H-pyrrole nitrogens is 1. The van der Waals surface area contributed by atoms with Gasteiger partial charge in [0.2, 0.25) is 0 Å². The van der Waals surface area contributed by atoms with Crippen LogP contribution in [0.25, 0.3) is 22.0 Å². The van der Waals surface area contributed by atoms with Crippen molar-refractivity contribution in [2.75, 3.05) is 0 Å². The summed E-state index contributed by atoms with van der Waals surface area (Å²) in [7, 11) is 1.64. The average Bonchev–Trinajstić information content (AvgIpc) is 3.49. The minimum absolute atomic E-state index is 0.131. The van der Waals surface area contributed by atoms with Crippen molar-refractivity contribution < 1.29 is 18.1 Å². The van der Waals surface area contributed by atoms with Crippen molar-refractivity contribution in [3.8, 4) is 22.6 Å². The zero-order valence-corrected chi connectivity index (χ0v) is 17.3. The molecule has 0 aliphatic heterocycles. The molecule has 31 heavy (non-hydrogen) atoms. The Labute approximate surface area is 179 Å². The van der Waals surface area contributed by atoms with Crippen LogP contribution in [-0.4, -0.2) is 19.4 Å². The van der Waals surface area contributed by atoms with Crippen LogP contribution in [0.4, 0.5) is 8.78 Å². The smallest absolute Gasteiger partial charge is 0.274 e. The molecule has 0 amide bonds. The number of hydrogen-bond donors (Lipinski definition) is 1. The van der Waals surface area contributed by atoms with E-state index < -0.39 is 22.8 Å². The van der Waals surface area contributed by atoms with Gasteiger partial charge in [0.1, 0.15) is 22.3 Å². The van der Waals surface area contributed by atoms with E-state index in [1.165, 1.54) is 10.6 Å². The Kier molecular flexibility index (Phi) is 4.83. The first-order chi connectivity index (χ1) is 14.9. The molecule has 1 aliphatic rings. The second-order valence-electron chi connectivity index (χ2n) is 7.56. The maximum absolute atomic E-state index is 14.2. The predicted molar refractivity (Wildman–Crippen MR) is 115 cm³/mol. The minimum Gasteiger partial charge on any atom is -0.611 e. The fourth-order valence-electron chi connectivity index (χ4n) is 3.57. The molecular weight excluding hydrogens is 422 g/mol. The van der Waals surface area contributed by atoms with Gasteiger partial charge in [-0.25, -0.2) is 8.78 Å². The zero-order chi connectivity index (χ0) is 21.7. The Bertz CT molecular complexity index is 1360. The number of fused-ring (bicyclic) bond motifs is 1. The van der Waals surface area contributed by atoms with E-state index in [0.717, 1.165) is 25.0 Å². The van der Waals surface area contributed by atoms with Crippen LogP contribution >= 0.6 is 0 Å². The second-order valence-corrected chi connectivity index (χ2v) is 9.29. The molecule has 0 bridgehead atoms.